The van der Waals surface area contributed by atoms with Crippen LogP contribution in [0.5, 0.6) is 11.6 Å². The topological polar surface area (TPSA) is 37.7 Å². The van der Waals surface area contributed by atoms with Gasteiger partial charge in [-0.3, -0.25) is 0 Å². The number of alkyl halides is 3. The highest BCUT2D eigenvalue weighted by atomic mass is 19.4. The highest BCUT2D eigenvalue weighted by Crippen LogP contribution is 2.32. The van der Waals surface area contributed by atoms with Gasteiger partial charge in [0.2, 0.25) is 5.88 Å². The maximum absolute atomic E-state index is 12.7. The van der Waals surface area contributed by atoms with Gasteiger partial charge >= 0.3 is 6.18 Å². The number of ether oxygens (including phenoxy) is 1. The summed E-state index contributed by atoms with van der Waals surface area (Å²) < 4.78 is 43.6. The van der Waals surface area contributed by atoms with Gasteiger partial charge in [0.1, 0.15) is 5.75 Å². The maximum atomic E-state index is 12.7. The molecule has 0 aliphatic rings. The Bertz CT molecular complexity index is 729. The Morgan fingerprint density at radius 1 is 1.29 bits per heavy atom. The monoisotopic (exact) mass is 337 g/mol. The van der Waals surface area contributed by atoms with E-state index in [2.05, 4.69) is 9.98 Å². The number of rotatable bonds is 5. The number of benzene rings is 1. The molecule has 0 N–H and O–H groups in total. The third-order valence-electron chi connectivity index (χ3n) is 3.33. The first kappa shape index (κ1) is 17.8. The van der Waals surface area contributed by atoms with Crippen LogP contribution in [0, 0.1) is 6.92 Å². The quantitative estimate of drug-likeness (QED) is 0.580. The van der Waals surface area contributed by atoms with Gasteiger partial charge in [0, 0.05) is 19.7 Å². The van der Waals surface area contributed by atoms with Crippen molar-refractivity contribution in [2.75, 3.05) is 13.6 Å². The first-order valence-corrected chi connectivity index (χ1v) is 7.35. The third-order valence-corrected chi connectivity index (χ3v) is 3.33. The molecule has 24 heavy (non-hydrogen) atoms. The van der Waals surface area contributed by atoms with Crippen molar-refractivity contribution in [2.45, 2.75) is 20.0 Å². The molecule has 0 spiro atoms. The summed E-state index contributed by atoms with van der Waals surface area (Å²) in [5.74, 6) is 0.299. The normalized spacial score (nSPS) is 11.8. The fraction of sp³-hybridized carbons (Fsp3) is 0.294. The van der Waals surface area contributed by atoms with E-state index >= 15 is 0 Å². The molecule has 0 fully saturated rings. The second-order valence-corrected chi connectivity index (χ2v) is 5.25. The van der Waals surface area contributed by atoms with Gasteiger partial charge < -0.3 is 9.64 Å². The Morgan fingerprint density at radius 3 is 2.67 bits per heavy atom. The van der Waals surface area contributed by atoms with Crippen LogP contribution in [0.2, 0.25) is 0 Å². The summed E-state index contributed by atoms with van der Waals surface area (Å²) in [5, 5.41) is 0. The van der Waals surface area contributed by atoms with Crippen LogP contribution in [0.15, 0.2) is 41.5 Å². The zero-order valence-corrected chi connectivity index (χ0v) is 13.6. The summed E-state index contributed by atoms with van der Waals surface area (Å²) >= 11 is 0. The van der Waals surface area contributed by atoms with E-state index in [1.54, 1.807) is 12.4 Å². The van der Waals surface area contributed by atoms with Crippen molar-refractivity contribution in [1.29, 1.82) is 0 Å². The van der Waals surface area contributed by atoms with Gasteiger partial charge in [0.05, 0.1) is 23.8 Å². The van der Waals surface area contributed by atoms with Crippen molar-refractivity contribution in [3.8, 4) is 11.6 Å². The molecule has 1 aromatic carbocycles. The molecule has 0 radical (unpaired) electrons. The van der Waals surface area contributed by atoms with Gasteiger partial charge in [-0.1, -0.05) is 6.07 Å². The Hall–Kier alpha value is -2.57. The Balaban J connectivity index is 2.17. The van der Waals surface area contributed by atoms with Gasteiger partial charge in [-0.15, -0.1) is 0 Å². The maximum Gasteiger partial charge on any atom is 0.416 e. The molecule has 2 aromatic rings. The molecular formula is C17H18F3N3O. The summed E-state index contributed by atoms with van der Waals surface area (Å²) in [5.41, 5.74) is 0.722. The molecule has 0 atom stereocenters. The number of aliphatic imine (C=N–C) groups is 1. The van der Waals surface area contributed by atoms with Crippen molar-refractivity contribution in [2.24, 2.45) is 4.99 Å². The smallest absolute Gasteiger partial charge is 0.416 e. The number of halogens is 3. The van der Waals surface area contributed by atoms with E-state index in [4.69, 9.17) is 4.74 Å². The Labute approximate surface area is 138 Å². The molecule has 0 saturated heterocycles. The van der Waals surface area contributed by atoms with Crippen LogP contribution in [0.3, 0.4) is 0 Å². The van der Waals surface area contributed by atoms with E-state index in [0.29, 0.717) is 5.69 Å². The summed E-state index contributed by atoms with van der Waals surface area (Å²) in [4.78, 5) is 10.3. The van der Waals surface area contributed by atoms with Crippen molar-refractivity contribution >= 4 is 12.0 Å². The van der Waals surface area contributed by atoms with E-state index in [-0.39, 0.29) is 11.6 Å². The third kappa shape index (κ3) is 4.71. The molecule has 2 rings (SSSR count). The van der Waals surface area contributed by atoms with E-state index in [1.165, 1.54) is 18.3 Å². The van der Waals surface area contributed by atoms with Gasteiger partial charge in [0.15, 0.2) is 0 Å². The molecule has 128 valence electrons. The lowest BCUT2D eigenvalue weighted by molar-refractivity contribution is -0.137. The van der Waals surface area contributed by atoms with E-state index in [1.807, 2.05) is 25.8 Å². The van der Waals surface area contributed by atoms with Crippen LogP contribution < -0.4 is 4.74 Å². The minimum Gasteiger partial charge on any atom is -0.439 e. The molecule has 0 aliphatic carbocycles. The number of hydrogen-bond donors (Lipinski definition) is 0. The average molecular weight is 337 g/mol. The molecule has 1 heterocycles. The second kappa shape index (κ2) is 7.33. The molecule has 0 bridgehead atoms. The van der Waals surface area contributed by atoms with Crippen LogP contribution in [0.4, 0.5) is 18.9 Å². The van der Waals surface area contributed by atoms with Crippen molar-refractivity contribution in [3.05, 3.63) is 47.7 Å². The highest BCUT2D eigenvalue weighted by molar-refractivity contribution is 5.62. The van der Waals surface area contributed by atoms with Crippen LogP contribution in [0.25, 0.3) is 0 Å². The number of hydrogen-bond acceptors (Lipinski definition) is 3. The lowest BCUT2D eigenvalue weighted by Gasteiger charge is -2.11. The van der Waals surface area contributed by atoms with Crippen molar-refractivity contribution < 1.29 is 17.9 Å². The van der Waals surface area contributed by atoms with Gasteiger partial charge in [-0.2, -0.15) is 13.2 Å². The highest BCUT2D eigenvalue weighted by Gasteiger charge is 2.30. The van der Waals surface area contributed by atoms with Crippen LogP contribution in [0.1, 0.15) is 18.1 Å². The SMILES string of the molecule is CCN(C)/C=N/c1cnc(Oc2cccc(C(F)(F)F)c2)cc1C. The molecule has 0 amide bonds. The lowest BCUT2D eigenvalue weighted by atomic mass is 10.2. The molecule has 0 aliphatic heterocycles. The van der Waals surface area contributed by atoms with Crippen molar-refractivity contribution in [1.82, 2.24) is 9.88 Å². The fourth-order valence-corrected chi connectivity index (χ4v) is 1.81. The standard InChI is InChI=1S/C17H18F3N3O/c1-4-23(3)11-22-15-10-21-16(8-12(15)2)24-14-7-5-6-13(9-14)17(18,19)20/h5-11H,4H2,1-3H3/b22-11+. The Kier molecular flexibility index (Phi) is 5.43. The zero-order valence-electron chi connectivity index (χ0n) is 13.6. The van der Waals surface area contributed by atoms with Gasteiger partial charge in [-0.25, -0.2) is 9.98 Å². The molecule has 1 aromatic heterocycles. The van der Waals surface area contributed by atoms with E-state index in [9.17, 15) is 13.2 Å². The summed E-state index contributed by atoms with van der Waals surface area (Å²) in [7, 11) is 1.90. The van der Waals surface area contributed by atoms with Gasteiger partial charge in [0.25, 0.3) is 0 Å². The lowest BCUT2D eigenvalue weighted by Crippen LogP contribution is -2.14. The minimum absolute atomic E-state index is 0.0821. The first-order chi connectivity index (χ1) is 11.3. The molecule has 0 unspecified atom stereocenters. The molecule has 7 heteroatoms. The van der Waals surface area contributed by atoms with E-state index in [0.717, 1.165) is 24.2 Å². The first-order valence-electron chi connectivity index (χ1n) is 7.35. The van der Waals surface area contributed by atoms with Gasteiger partial charge in [-0.05, 0) is 37.6 Å². The number of pyridine rings is 1. The second-order valence-electron chi connectivity index (χ2n) is 5.25. The summed E-state index contributed by atoms with van der Waals surface area (Å²) in [6.07, 6.45) is -1.19. The number of aryl methyl sites for hydroxylation is 1. The van der Waals surface area contributed by atoms with Crippen molar-refractivity contribution in [3.63, 3.8) is 0 Å². The summed E-state index contributed by atoms with van der Waals surface area (Å²) in [6, 6.07) is 6.32. The average Bonchev–Trinajstić information content (AvgIpc) is 2.53. The number of nitrogens with zero attached hydrogens (tertiary/aromatic N) is 3. The van der Waals surface area contributed by atoms with Crippen LogP contribution in [-0.2, 0) is 6.18 Å². The number of aromatic nitrogens is 1. The zero-order chi connectivity index (χ0) is 17.7. The molecule has 4 nitrogen and oxygen atoms in total. The van der Waals surface area contributed by atoms with Crippen LogP contribution in [-0.4, -0.2) is 29.8 Å². The van der Waals surface area contributed by atoms with Crippen LogP contribution >= 0.6 is 0 Å². The largest absolute Gasteiger partial charge is 0.439 e. The predicted molar refractivity (Wildman–Crippen MR) is 86.9 cm³/mol. The molecular weight excluding hydrogens is 319 g/mol. The Morgan fingerprint density at radius 2 is 2.04 bits per heavy atom. The predicted octanol–water partition coefficient (Wildman–Crippen LogP) is 4.81. The molecule has 0 saturated carbocycles. The minimum atomic E-state index is -4.41. The fourth-order valence-electron chi connectivity index (χ4n) is 1.81. The van der Waals surface area contributed by atoms with E-state index < -0.39 is 11.7 Å². The summed E-state index contributed by atoms with van der Waals surface area (Å²) in [6.45, 7) is 4.66.